The van der Waals surface area contributed by atoms with Crippen molar-refractivity contribution in [2.45, 2.75) is 0 Å². The van der Waals surface area contributed by atoms with Gasteiger partial charge in [-0.15, -0.1) is 0 Å². The van der Waals surface area contributed by atoms with E-state index in [-0.39, 0.29) is 5.69 Å². The Bertz CT molecular complexity index is 699. The van der Waals surface area contributed by atoms with Crippen LogP contribution < -0.4 is 0 Å². The molecule has 3 rings (SSSR count). The number of aromatic nitrogens is 3. The van der Waals surface area contributed by atoms with E-state index < -0.39 is 5.97 Å². The summed E-state index contributed by atoms with van der Waals surface area (Å²) in [5.74, 6) is -1.03. The summed E-state index contributed by atoms with van der Waals surface area (Å²) in [6.45, 7) is 0. The van der Waals surface area contributed by atoms with Crippen LogP contribution in [0, 0.1) is 0 Å². The van der Waals surface area contributed by atoms with Crippen molar-refractivity contribution in [2.75, 3.05) is 0 Å². The topological polar surface area (TPSA) is 92.0 Å². The van der Waals surface area contributed by atoms with Gasteiger partial charge in [0.05, 0.1) is 11.9 Å². The number of nitrogens with zero attached hydrogens (tertiary/aromatic N) is 2. The number of aromatic carboxylic acids is 1. The molecule has 2 aromatic heterocycles. The van der Waals surface area contributed by atoms with Gasteiger partial charge in [-0.25, -0.2) is 4.79 Å². The first-order valence-electron chi connectivity index (χ1n) is 4.87. The second-order valence-electron chi connectivity index (χ2n) is 3.55. The highest BCUT2D eigenvalue weighted by Crippen LogP contribution is 2.23. The molecule has 0 amide bonds. The Morgan fingerprint density at radius 1 is 1.35 bits per heavy atom. The number of hydrogen-bond acceptors (Lipinski definition) is 4. The average molecular weight is 229 g/mol. The van der Waals surface area contributed by atoms with E-state index in [9.17, 15) is 4.79 Å². The normalized spacial score (nSPS) is 10.8. The molecule has 0 radical (unpaired) electrons. The summed E-state index contributed by atoms with van der Waals surface area (Å²) < 4.78 is 4.98. The van der Waals surface area contributed by atoms with Gasteiger partial charge in [-0.3, -0.25) is 5.10 Å². The van der Waals surface area contributed by atoms with Crippen LogP contribution in [0.25, 0.3) is 22.2 Å². The molecule has 0 unspecified atom stereocenters. The minimum atomic E-state index is -1.03. The van der Waals surface area contributed by atoms with Crippen LogP contribution in [0.5, 0.6) is 0 Å². The summed E-state index contributed by atoms with van der Waals surface area (Å²) in [5.41, 5.74) is 2.13. The molecule has 0 fully saturated rings. The fourth-order valence-corrected chi connectivity index (χ4v) is 1.61. The number of carbonyl (C=O) groups is 1. The van der Waals surface area contributed by atoms with Gasteiger partial charge in [0, 0.05) is 10.9 Å². The van der Waals surface area contributed by atoms with E-state index in [1.165, 1.54) is 6.07 Å². The van der Waals surface area contributed by atoms with Crippen molar-refractivity contribution in [3.8, 4) is 11.3 Å². The van der Waals surface area contributed by atoms with Gasteiger partial charge in [0.25, 0.3) is 0 Å². The number of benzene rings is 1. The smallest absolute Gasteiger partial charge is 0.353 e. The maximum atomic E-state index is 10.7. The molecule has 0 bridgehead atoms. The second-order valence-corrected chi connectivity index (χ2v) is 3.55. The van der Waals surface area contributed by atoms with Crippen LogP contribution in [-0.2, 0) is 0 Å². The molecule has 0 saturated heterocycles. The highest BCUT2D eigenvalue weighted by atomic mass is 16.5. The summed E-state index contributed by atoms with van der Waals surface area (Å²) in [7, 11) is 0. The lowest BCUT2D eigenvalue weighted by Gasteiger charge is -1.94. The molecule has 2 heterocycles. The molecule has 0 spiro atoms. The zero-order valence-corrected chi connectivity index (χ0v) is 8.54. The van der Waals surface area contributed by atoms with Crippen LogP contribution in [0.3, 0.4) is 0 Å². The highest BCUT2D eigenvalue weighted by Gasteiger charge is 2.10. The minimum absolute atomic E-state index is 0.0606. The summed E-state index contributed by atoms with van der Waals surface area (Å²) >= 11 is 0. The van der Waals surface area contributed by atoms with Gasteiger partial charge >= 0.3 is 5.97 Å². The molecule has 84 valence electrons. The van der Waals surface area contributed by atoms with Gasteiger partial charge in [-0.1, -0.05) is 5.16 Å². The van der Waals surface area contributed by atoms with E-state index in [0.717, 1.165) is 10.9 Å². The first kappa shape index (κ1) is 9.59. The van der Waals surface area contributed by atoms with Crippen molar-refractivity contribution in [1.82, 2.24) is 15.4 Å². The number of fused-ring (bicyclic) bond motifs is 1. The number of carboxylic acids is 1. The molecule has 2 N–H and O–H groups in total. The van der Waals surface area contributed by atoms with Gasteiger partial charge in [0.15, 0.2) is 5.58 Å². The third-order valence-corrected chi connectivity index (χ3v) is 2.46. The quantitative estimate of drug-likeness (QED) is 0.700. The molecule has 0 saturated carbocycles. The minimum Gasteiger partial charge on any atom is -0.477 e. The third kappa shape index (κ3) is 1.55. The van der Waals surface area contributed by atoms with Crippen molar-refractivity contribution in [3.63, 3.8) is 0 Å². The van der Waals surface area contributed by atoms with Crippen LogP contribution in [0.1, 0.15) is 10.5 Å². The van der Waals surface area contributed by atoms with E-state index in [4.69, 9.17) is 9.63 Å². The number of hydrogen-bond donors (Lipinski definition) is 2. The van der Waals surface area contributed by atoms with Crippen LogP contribution >= 0.6 is 0 Å². The van der Waals surface area contributed by atoms with E-state index >= 15 is 0 Å². The van der Waals surface area contributed by atoms with E-state index in [1.54, 1.807) is 18.3 Å². The van der Waals surface area contributed by atoms with Crippen molar-refractivity contribution in [3.05, 3.63) is 36.2 Å². The molecule has 0 aliphatic rings. The van der Waals surface area contributed by atoms with Crippen molar-refractivity contribution >= 4 is 16.9 Å². The molecular weight excluding hydrogens is 222 g/mol. The maximum absolute atomic E-state index is 10.7. The first-order chi connectivity index (χ1) is 8.24. The fourth-order valence-electron chi connectivity index (χ4n) is 1.61. The number of nitrogens with one attached hydrogen (secondary N) is 1. The molecule has 1 aromatic carbocycles. The molecule has 6 heteroatoms. The highest BCUT2D eigenvalue weighted by molar-refractivity contribution is 5.88. The summed E-state index contributed by atoms with van der Waals surface area (Å²) in [4.78, 5) is 10.7. The predicted molar refractivity (Wildman–Crippen MR) is 58.6 cm³/mol. The summed E-state index contributed by atoms with van der Waals surface area (Å²) in [6.07, 6.45) is 1.60. The molecule has 0 atom stereocenters. The van der Waals surface area contributed by atoms with E-state index in [2.05, 4.69) is 15.4 Å². The first-order valence-corrected chi connectivity index (χ1v) is 4.87. The number of carboxylic acid groups (broad SMARTS) is 1. The maximum Gasteiger partial charge on any atom is 0.353 e. The number of aromatic amines is 1. The zero-order chi connectivity index (χ0) is 11.8. The van der Waals surface area contributed by atoms with Gasteiger partial charge in [0.2, 0.25) is 0 Å². The van der Waals surface area contributed by atoms with Gasteiger partial charge in [0.1, 0.15) is 5.69 Å². The predicted octanol–water partition coefficient (Wildman–Crippen LogP) is 1.92. The molecule has 0 aliphatic carbocycles. The summed E-state index contributed by atoms with van der Waals surface area (Å²) in [6, 6.07) is 6.90. The third-order valence-electron chi connectivity index (χ3n) is 2.46. The largest absolute Gasteiger partial charge is 0.477 e. The SMILES string of the molecule is O=C(O)c1cc(-c2ccc3oncc3c2)n[nH]1. The molecule has 17 heavy (non-hydrogen) atoms. The zero-order valence-electron chi connectivity index (χ0n) is 8.54. The fraction of sp³-hybridized carbons (Fsp3) is 0. The Labute approximate surface area is 94.9 Å². The lowest BCUT2D eigenvalue weighted by molar-refractivity contribution is 0.0690. The molecule has 6 nitrogen and oxygen atoms in total. The lowest BCUT2D eigenvalue weighted by Crippen LogP contribution is -1.95. The molecule has 0 aliphatic heterocycles. The second kappa shape index (κ2) is 3.44. The Kier molecular flexibility index (Phi) is 1.94. The van der Waals surface area contributed by atoms with Crippen LogP contribution in [0.2, 0.25) is 0 Å². The Morgan fingerprint density at radius 3 is 3.00 bits per heavy atom. The Hall–Kier alpha value is -2.63. The summed E-state index contributed by atoms with van der Waals surface area (Å²) in [5, 5.41) is 19.7. The van der Waals surface area contributed by atoms with Crippen LogP contribution in [0.15, 0.2) is 35.0 Å². The lowest BCUT2D eigenvalue weighted by atomic mass is 10.1. The number of H-pyrrole nitrogens is 1. The van der Waals surface area contributed by atoms with Gasteiger partial charge in [-0.2, -0.15) is 5.10 Å². The Morgan fingerprint density at radius 2 is 2.24 bits per heavy atom. The van der Waals surface area contributed by atoms with E-state index in [1.807, 2.05) is 6.07 Å². The van der Waals surface area contributed by atoms with Crippen LogP contribution in [0.4, 0.5) is 0 Å². The van der Waals surface area contributed by atoms with E-state index in [0.29, 0.717) is 11.3 Å². The van der Waals surface area contributed by atoms with Crippen LogP contribution in [-0.4, -0.2) is 26.4 Å². The van der Waals surface area contributed by atoms with Gasteiger partial charge < -0.3 is 9.63 Å². The van der Waals surface area contributed by atoms with Crippen molar-refractivity contribution in [2.24, 2.45) is 0 Å². The molecular formula is C11H7N3O3. The average Bonchev–Trinajstić information content (AvgIpc) is 2.97. The van der Waals surface area contributed by atoms with Gasteiger partial charge in [-0.05, 0) is 24.3 Å². The van der Waals surface area contributed by atoms with Crippen molar-refractivity contribution in [1.29, 1.82) is 0 Å². The monoisotopic (exact) mass is 229 g/mol. The molecule has 3 aromatic rings. The number of rotatable bonds is 2. The Balaban J connectivity index is 2.09. The van der Waals surface area contributed by atoms with Crippen molar-refractivity contribution < 1.29 is 14.4 Å². The standard InChI is InChI=1S/C11H7N3O3/c15-11(16)9-4-8(13-14-9)6-1-2-10-7(3-6)5-12-17-10/h1-5H,(H,13,14)(H,15,16).